The average molecular weight is 443 g/mol. The third kappa shape index (κ3) is 4.56. The Balaban J connectivity index is 1.43. The van der Waals surface area contributed by atoms with Crippen molar-refractivity contribution in [2.75, 3.05) is 4.31 Å². The highest BCUT2D eigenvalue weighted by Crippen LogP contribution is 2.36. The zero-order valence-electron chi connectivity index (χ0n) is 18.1. The van der Waals surface area contributed by atoms with Crippen LogP contribution in [0.15, 0.2) is 53.4 Å². The Bertz CT molecular complexity index is 1030. The smallest absolute Gasteiger partial charge is 0.264 e. The largest absolute Gasteiger partial charge is 0.481 e. The van der Waals surface area contributed by atoms with E-state index in [4.69, 9.17) is 4.74 Å². The minimum absolute atomic E-state index is 0.133. The highest BCUT2D eigenvalue weighted by atomic mass is 32.2. The summed E-state index contributed by atoms with van der Waals surface area (Å²) >= 11 is 0. The van der Waals surface area contributed by atoms with Crippen LogP contribution in [-0.2, 0) is 21.2 Å². The van der Waals surface area contributed by atoms with E-state index < -0.39 is 16.1 Å². The number of rotatable bonds is 6. The van der Waals surface area contributed by atoms with E-state index in [9.17, 15) is 13.2 Å². The number of benzene rings is 2. The Morgan fingerprint density at radius 3 is 2.45 bits per heavy atom. The fourth-order valence-electron chi connectivity index (χ4n) is 4.53. The van der Waals surface area contributed by atoms with E-state index in [-0.39, 0.29) is 22.9 Å². The number of hydrogen-bond acceptors (Lipinski definition) is 4. The van der Waals surface area contributed by atoms with Gasteiger partial charge in [-0.15, -0.1) is 0 Å². The molecule has 1 aliphatic heterocycles. The molecule has 0 radical (unpaired) electrons. The summed E-state index contributed by atoms with van der Waals surface area (Å²) in [4.78, 5) is 12.6. The molecule has 4 rings (SSSR count). The minimum atomic E-state index is -3.68. The molecule has 1 amide bonds. The first-order chi connectivity index (χ1) is 14.9. The van der Waals surface area contributed by atoms with E-state index >= 15 is 0 Å². The van der Waals surface area contributed by atoms with Crippen molar-refractivity contribution in [1.29, 1.82) is 0 Å². The summed E-state index contributed by atoms with van der Waals surface area (Å²) in [6.45, 7) is 3.63. The second kappa shape index (κ2) is 8.91. The maximum atomic E-state index is 13.3. The number of anilines is 1. The van der Waals surface area contributed by atoms with Gasteiger partial charge in [-0.05, 0) is 69.0 Å². The lowest BCUT2D eigenvalue weighted by Crippen LogP contribution is -2.43. The van der Waals surface area contributed by atoms with Gasteiger partial charge in [-0.3, -0.25) is 9.10 Å². The van der Waals surface area contributed by atoms with Crippen LogP contribution in [0, 0.1) is 0 Å². The van der Waals surface area contributed by atoms with Gasteiger partial charge in [-0.1, -0.05) is 37.5 Å². The van der Waals surface area contributed by atoms with Gasteiger partial charge in [0.25, 0.3) is 15.9 Å². The summed E-state index contributed by atoms with van der Waals surface area (Å²) in [5.41, 5.74) is 1.78. The maximum Gasteiger partial charge on any atom is 0.264 e. The van der Waals surface area contributed by atoms with Gasteiger partial charge >= 0.3 is 0 Å². The van der Waals surface area contributed by atoms with E-state index in [0.717, 1.165) is 36.9 Å². The van der Waals surface area contributed by atoms with Crippen molar-refractivity contribution in [3.63, 3.8) is 0 Å². The monoisotopic (exact) mass is 442 g/mol. The quantitative estimate of drug-likeness (QED) is 0.733. The molecule has 0 bridgehead atoms. The van der Waals surface area contributed by atoms with Gasteiger partial charge in [-0.25, -0.2) is 8.42 Å². The Labute approximate surface area is 184 Å². The predicted octanol–water partition coefficient (Wildman–Crippen LogP) is 4.04. The summed E-state index contributed by atoms with van der Waals surface area (Å²) in [5.74, 6) is 0.339. The Kier molecular flexibility index (Phi) is 6.23. The van der Waals surface area contributed by atoms with Crippen molar-refractivity contribution in [3.8, 4) is 5.75 Å². The number of amides is 1. The molecule has 1 saturated carbocycles. The summed E-state index contributed by atoms with van der Waals surface area (Å²) in [6.07, 6.45) is 5.62. The first kappa shape index (κ1) is 21.7. The highest BCUT2D eigenvalue weighted by molar-refractivity contribution is 7.92. The van der Waals surface area contributed by atoms with Gasteiger partial charge in [0.2, 0.25) is 0 Å². The molecule has 2 atom stereocenters. The van der Waals surface area contributed by atoms with Crippen molar-refractivity contribution < 1.29 is 17.9 Å². The second-order valence-corrected chi connectivity index (χ2v) is 10.4. The number of nitrogens with zero attached hydrogens (tertiary/aromatic N) is 1. The first-order valence-electron chi connectivity index (χ1n) is 11.1. The number of nitrogens with one attached hydrogen (secondary N) is 1. The molecule has 1 N–H and O–H groups in total. The van der Waals surface area contributed by atoms with Crippen molar-refractivity contribution >= 4 is 21.6 Å². The van der Waals surface area contributed by atoms with Crippen LogP contribution in [0.25, 0.3) is 0 Å². The summed E-state index contributed by atoms with van der Waals surface area (Å²) in [6, 6.07) is 14.0. The van der Waals surface area contributed by atoms with Gasteiger partial charge in [0.15, 0.2) is 6.10 Å². The van der Waals surface area contributed by atoms with Crippen molar-refractivity contribution in [2.45, 2.75) is 75.5 Å². The number of carbonyl (C=O) groups is 1. The van der Waals surface area contributed by atoms with Gasteiger partial charge in [0, 0.05) is 12.1 Å². The fourth-order valence-corrected chi connectivity index (χ4v) is 6.22. The average Bonchev–Trinajstić information content (AvgIpc) is 3.11. The van der Waals surface area contributed by atoms with Gasteiger partial charge in [-0.2, -0.15) is 0 Å². The van der Waals surface area contributed by atoms with Crippen molar-refractivity contribution in [3.05, 3.63) is 54.1 Å². The van der Waals surface area contributed by atoms with Crippen LogP contribution in [-0.4, -0.2) is 32.5 Å². The van der Waals surface area contributed by atoms with Gasteiger partial charge in [0.05, 0.1) is 10.6 Å². The normalized spacial score (nSPS) is 20.2. The third-order valence-electron chi connectivity index (χ3n) is 6.16. The van der Waals surface area contributed by atoms with Gasteiger partial charge in [0.1, 0.15) is 5.75 Å². The lowest BCUT2D eigenvalue weighted by atomic mass is 9.95. The first-order valence-corrected chi connectivity index (χ1v) is 12.5. The molecular weight excluding hydrogens is 412 g/mol. The van der Waals surface area contributed by atoms with E-state index in [1.807, 2.05) is 31.2 Å². The Morgan fingerprint density at radius 1 is 1.06 bits per heavy atom. The molecule has 7 heteroatoms. The highest BCUT2D eigenvalue weighted by Gasteiger charge is 2.35. The van der Waals surface area contributed by atoms with Crippen LogP contribution in [0.2, 0.25) is 0 Å². The molecular formula is C24H30N2O4S. The number of carbonyl (C=O) groups excluding carboxylic acids is 1. The van der Waals surface area contributed by atoms with Crippen molar-refractivity contribution in [2.24, 2.45) is 0 Å². The number of para-hydroxylation sites is 1. The molecule has 2 aliphatic rings. The molecule has 0 spiro atoms. The van der Waals surface area contributed by atoms with Crippen LogP contribution in [0.5, 0.6) is 5.75 Å². The molecule has 31 heavy (non-hydrogen) atoms. The Hall–Kier alpha value is -2.54. The van der Waals surface area contributed by atoms with Crippen LogP contribution < -0.4 is 14.4 Å². The molecule has 0 unspecified atom stereocenters. The van der Waals surface area contributed by atoms with Crippen molar-refractivity contribution in [1.82, 2.24) is 5.32 Å². The summed E-state index contributed by atoms with van der Waals surface area (Å²) in [5, 5.41) is 3.06. The molecule has 1 heterocycles. The maximum absolute atomic E-state index is 13.3. The van der Waals surface area contributed by atoms with E-state index in [2.05, 4.69) is 5.32 Å². The molecule has 1 aliphatic carbocycles. The molecule has 0 saturated heterocycles. The van der Waals surface area contributed by atoms with E-state index in [1.165, 1.54) is 10.7 Å². The Morgan fingerprint density at radius 2 is 1.74 bits per heavy atom. The third-order valence-corrected chi connectivity index (χ3v) is 8.10. The topological polar surface area (TPSA) is 75.7 Å². The lowest BCUT2D eigenvalue weighted by molar-refractivity contribution is -0.128. The second-order valence-electron chi connectivity index (χ2n) is 8.56. The molecule has 6 nitrogen and oxygen atoms in total. The zero-order chi connectivity index (χ0) is 22.0. The standard InChI is InChI=1S/C24H30N2O4S/c1-17-16-19-8-6-7-11-23(19)26(17)31(28,29)22-14-12-21(13-15-22)30-18(2)24(27)25-20-9-4-3-5-10-20/h6-8,11-15,17-18,20H,3-5,9-10,16H2,1-2H3,(H,25,27)/t17-,18-/m0/s1. The van der Waals surface area contributed by atoms with Gasteiger partial charge < -0.3 is 10.1 Å². The molecule has 166 valence electrons. The van der Waals surface area contributed by atoms with E-state index in [1.54, 1.807) is 31.2 Å². The zero-order valence-corrected chi connectivity index (χ0v) is 18.9. The lowest BCUT2D eigenvalue weighted by Gasteiger charge is -2.25. The summed E-state index contributed by atoms with van der Waals surface area (Å²) < 4.78 is 33.8. The van der Waals surface area contributed by atoms with Crippen LogP contribution >= 0.6 is 0 Å². The van der Waals surface area contributed by atoms with E-state index in [0.29, 0.717) is 12.2 Å². The SMILES string of the molecule is C[C@H](Oc1ccc(S(=O)(=O)N2c3ccccc3C[C@@H]2C)cc1)C(=O)NC1CCCCC1. The predicted molar refractivity (Wildman–Crippen MR) is 121 cm³/mol. The molecule has 2 aromatic carbocycles. The minimum Gasteiger partial charge on any atom is -0.481 e. The molecule has 1 fully saturated rings. The number of hydrogen-bond donors (Lipinski definition) is 1. The molecule has 2 aromatic rings. The van der Waals surface area contributed by atoms with Crippen LogP contribution in [0.3, 0.4) is 0 Å². The fraction of sp³-hybridized carbons (Fsp3) is 0.458. The number of ether oxygens (including phenoxy) is 1. The number of fused-ring (bicyclic) bond motifs is 1. The number of sulfonamides is 1. The van der Waals surface area contributed by atoms with Crippen LogP contribution in [0.4, 0.5) is 5.69 Å². The molecule has 0 aromatic heterocycles. The summed E-state index contributed by atoms with van der Waals surface area (Å²) in [7, 11) is -3.68. The van der Waals surface area contributed by atoms with Crippen LogP contribution in [0.1, 0.15) is 51.5 Å².